The Labute approximate surface area is 132 Å². The minimum Gasteiger partial charge on any atom is -0.480 e. The van der Waals surface area contributed by atoms with E-state index in [1.54, 1.807) is 4.90 Å². The van der Waals surface area contributed by atoms with E-state index in [1.807, 2.05) is 31.2 Å². The van der Waals surface area contributed by atoms with Gasteiger partial charge in [0.05, 0.1) is 5.41 Å². The average molecular weight is 352 g/mol. The van der Waals surface area contributed by atoms with Gasteiger partial charge < -0.3 is 10.0 Å². The number of hydrogen-bond acceptors (Lipinski definition) is 2. The van der Waals surface area contributed by atoms with Gasteiger partial charge in [0.2, 0.25) is 5.91 Å². The molecule has 1 aromatic carbocycles. The molecule has 1 N–H and O–H groups in total. The van der Waals surface area contributed by atoms with Gasteiger partial charge in [0.15, 0.2) is 0 Å². The molecule has 2 fully saturated rings. The standard InChI is InChI=1S/C16H18BrNO3/c1-10-6-9-18(13(10)14(19)20)15(21)16(7-8-16)11-2-4-12(17)5-3-11/h2-5,10,13H,6-9H2,1H3,(H,19,20). The number of carbonyl (C=O) groups excluding carboxylic acids is 1. The lowest BCUT2D eigenvalue weighted by molar-refractivity contribution is -0.150. The lowest BCUT2D eigenvalue weighted by atomic mass is 9.93. The van der Waals surface area contributed by atoms with Crippen LogP contribution in [0.1, 0.15) is 31.7 Å². The van der Waals surface area contributed by atoms with Crippen LogP contribution in [-0.4, -0.2) is 34.5 Å². The normalized spacial score (nSPS) is 26.7. The summed E-state index contributed by atoms with van der Waals surface area (Å²) >= 11 is 3.40. The predicted molar refractivity (Wildman–Crippen MR) is 82.0 cm³/mol. The third kappa shape index (κ3) is 2.37. The van der Waals surface area contributed by atoms with E-state index < -0.39 is 17.4 Å². The number of aliphatic carboxylic acids is 1. The Morgan fingerprint density at radius 2 is 1.90 bits per heavy atom. The van der Waals surface area contributed by atoms with Gasteiger partial charge in [-0.15, -0.1) is 0 Å². The molecule has 0 spiro atoms. The fraction of sp³-hybridized carbons (Fsp3) is 0.500. The zero-order valence-corrected chi connectivity index (χ0v) is 13.5. The van der Waals surface area contributed by atoms with E-state index in [0.29, 0.717) is 6.54 Å². The van der Waals surface area contributed by atoms with E-state index in [1.165, 1.54) is 0 Å². The molecule has 2 atom stereocenters. The first-order chi connectivity index (χ1) is 9.95. The summed E-state index contributed by atoms with van der Waals surface area (Å²) in [5, 5.41) is 9.40. The Hall–Kier alpha value is -1.36. The zero-order chi connectivity index (χ0) is 15.2. The van der Waals surface area contributed by atoms with Crippen LogP contribution in [0, 0.1) is 5.92 Å². The van der Waals surface area contributed by atoms with Gasteiger partial charge in [-0.05, 0) is 42.9 Å². The first-order valence-corrected chi connectivity index (χ1v) is 8.05. The number of carboxylic acid groups (broad SMARTS) is 1. The Bertz CT molecular complexity index is 580. The number of nitrogens with zero attached hydrogens (tertiary/aromatic N) is 1. The van der Waals surface area contributed by atoms with Crippen molar-refractivity contribution in [3.8, 4) is 0 Å². The molecular weight excluding hydrogens is 334 g/mol. The minimum absolute atomic E-state index is 0.0124. The van der Waals surface area contributed by atoms with Crippen LogP contribution in [-0.2, 0) is 15.0 Å². The van der Waals surface area contributed by atoms with Crippen molar-refractivity contribution in [1.29, 1.82) is 0 Å². The number of carbonyl (C=O) groups is 2. The molecule has 1 aromatic rings. The van der Waals surface area contributed by atoms with Crippen LogP contribution in [0.25, 0.3) is 0 Å². The summed E-state index contributed by atoms with van der Waals surface area (Å²) in [5.41, 5.74) is 0.512. The van der Waals surface area contributed by atoms with Crippen LogP contribution in [0.3, 0.4) is 0 Å². The Kier molecular flexibility index (Phi) is 3.56. The van der Waals surface area contributed by atoms with Crippen molar-refractivity contribution < 1.29 is 14.7 Å². The van der Waals surface area contributed by atoms with Crippen molar-refractivity contribution in [2.45, 2.75) is 37.6 Å². The van der Waals surface area contributed by atoms with Crippen molar-refractivity contribution in [2.24, 2.45) is 5.92 Å². The Morgan fingerprint density at radius 3 is 2.43 bits per heavy atom. The molecule has 2 unspecified atom stereocenters. The van der Waals surface area contributed by atoms with Gasteiger partial charge >= 0.3 is 5.97 Å². The smallest absolute Gasteiger partial charge is 0.326 e. The lowest BCUT2D eigenvalue weighted by Crippen LogP contribution is -2.47. The highest BCUT2D eigenvalue weighted by atomic mass is 79.9. The third-order valence-electron chi connectivity index (χ3n) is 4.77. The molecule has 0 radical (unpaired) electrons. The van der Waals surface area contributed by atoms with Crippen LogP contribution < -0.4 is 0 Å². The summed E-state index contributed by atoms with van der Waals surface area (Å²) < 4.78 is 0.979. The highest BCUT2D eigenvalue weighted by Gasteiger charge is 2.56. The van der Waals surface area contributed by atoms with Crippen LogP contribution in [0.2, 0.25) is 0 Å². The van der Waals surface area contributed by atoms with Crippen LogP contribution >= 0.6 is 15.9 Å². The molecule has 2 aliphatic rings. The molecule has 5 heteroatoms. The highest BCUT2D eigenvalue weighted by molar-refractivity contribution is 9.10. The van der Waals surface area contributed by atoms with Crippen LogP contribution in [0.5, 0.6) is 0 Å². The first-order valence-electron chi connectivity index (χ1n) is 7.25. The second-order valence-corrected chi connectivity index (χ2v) is 7.05. The summed E-state index contributed by atoms with van der Waals surface area (Å²) in [5.74, 6) is -0.881. The summed E-state index contributed by atoms with van der Waals surface area (Å²) in [6.07, 6.45) is 2.38. The number of amides is 1. The van der Waals surface area contributed by atoms with Crippen LogP contribution in [0.4, 0.5) is 0 Å². The molecule has 1 aliphatic carbocycles. The van der Waals surface area contributed by atoms with Gasteiger partial charge in [-0.1, -0.05) is 35.0 Å². The quantitative estimate of drug-likeness (QED) is 0.910. The number of likely N-dealkylation sites (tertiary alicyclic amines) is 1. The lowest BCUT2D eigenvalue weighted by Gasteiger charge is -2.28. The summed E-state index contributed by atoms with van der Waals surface area (Å²) in [6.45, 7) is 2.46. The first kappa shape index (κ1) is 14.6. The maximum atomic E-state index is 12.9. The fourth-order valence-electron chi connectivity index (χ4n) is 3.35. The SMILES string of the molecule is CC1CCN(C(=O)C2(c3ccc(Br)cc3)CC2)C1C(=O)O. The summed E-state index contributed by atoms with van der Waals surface area (Å²) in [4.78, 5) is 26.0. The molecule has 21 heavy (non-hydrogen) atoms. The molecule has 1 saturated heterocycles. The van der Waals surface area contributed by atoms with Crippen molar-refractivity contribution in [1.82, 2.24) is 4.90 Å². The molecule has 112 valence electrons. The zero-order valence-electron chi connectivity index (χ0n) is 11.9. The fourth-order valence-corrected chi connectivity index (χ4v) is 3.61. The number of benzene rings is 1. The maximum absolute atomic E-state index is 12.9. The monoisotopic (exact) mass is 351 g/mol. The Balaban J connectivity index is 1.88. The van der Waals surface area contributed by atoms with Crippen molar-refractivity contribution in [3.05, 3.63) is 34.3 Å². The van der Waals surface area contributed by atoms with E-state index >= 15 is 0 Å². The largest absolute Gasteiger partial charge is 0.480 e. The van der Waals surface area contributed by atoms with E-state index in [9.17, 15) is 14.7 Å². The van der Waals surface area contributed by atoms with Gasteiger partial charge in [-0.2, -0.15) is 0 Å². The van der Waals surface area contributed by atoms with Gasteiger partial charge in [-0.25, -0.2) is 4.79 Å². The minimum atomic E-state index is -0.889. The second-order valence-electron chi connectivity index (χ2n) is 6.14. The van der Waals surface area contributed by atoms with Crippen molar-refractivity contribution >= 4 is 27.8 Å². The molecule has 1 saturated carbocycles. The Morgan fingerprint density at radius 1 is 1.29 bits per heavy atom. The van der Waals surface area contributed by atoms with E-state index in [0.717, 1.165) is 29.3 Å². The average Bonchev–Trinajstić information content (AvgIpc) is 3.16. The molecule has 1 heterocycles. The van der Waals surface area contributed by atoms with E-state index in [-0.39, 0.29) is 11.8 Å². The number of carboxylic acids is 1. The number of hydrogen-bond donors (Lipinski definition) is 1. The van der Waals surface area contributed by atoms with Crippen molar-refractivity contribution in [3.63, 3.8) is 0 Å². The van der Waals surface area contributed by atoms with Gasteiger partial charge in [0.25, 0.3) is 0 Å². The third-order valence-corrected chi connectivity index (χ3v) is 5.30. The molecule has 1 aliphatic heterocycles. The summed E-state index contributed by atoms with van der Waals surface area (Å²) in [7, 11) is 0. The van der Waals surface area contributed by atoms with Gasteiger partial charge in [0, 0.05) is 11.0 Å². The molecule has 3 rings (SSSR count). The molecule has 0 aromatic heterocycles. The van der Waals surface area contributed by atoms with Gasteiger partial charge in [-0.3, -0.25) is 4.79 Å². The topological polar surface area (TPSA) is 57.6 Å². The number of halogens is 1. The molecular formula is C16H18BrNO3. The van der Waals surface area contributed by atoms with E-state index in [4.69, 9.17) is 0 Å². The van der Waals surface area contributed by atoms with Crippen LogP contribution in [0.15, 0.2) is 28.7 Å². The van der Waals surface area contributed by atoms with Gasteiger partial charge in [0.1, 0.15) is 6.04 Å². The molecule has 0 bridgehead atoms. The summed E-state index contributed by atoms with van der Waals surface area (Å²) in [6, 6.07) is 7.12. The van der Waals surface area contributed by atoms with Crippen molar-refractivity contribution in [2.75, 3.05) is 6.54 Å². The molecule has 4 nitrogen and oxygen atoms in total. The maximum Gasteiger partial charge on any atom is 0.326 e. The predicted octanol–water partition coefficient (Wildman–Crippen LogP) is 2.80. The van der Waals surface area contributed by atoms with E-state index in [2.05, 4.69) is 15.9 Å². The second kappa shape index (κ2) is 5.13. The number of rotatable bonds is 3. The molecule has 1 amide bonds. The highest BCUT2D eigenvalue weighted by Crippen LogP contribution is 2.50.